The Balaban J connectivity index is 1.95. The number of ether oxygens (including phenoxy) is 5. The number of carbonyl (C=O) groups is 1. The lowest BCUT2D eigenvalue weighted by Gasteiger charge is -2.26. The van der Waals surface area contributed by atoms with Gasteiger partial charge in [-0.1, -0.05) is 24.0 Å². The number of esters is 1. The molecule has 0 aliphatic carbocycles. The van der Waals surface area contributed by atoms with Gasteiger partial charge in [-0.3, -0.25) is 9.36 Å². The third-order valence-electron chi connectivity index (χ3n) is 6.15. The van der Waals surface area contributed by atoms with Crippen molar-refractivity contribution in [2.24, 2.45) is 4.99 Å². The molecule has 2 heterocycles. The van der Waals surface area contributed by atoms with E-state index in [9.17, 15) is 9.59 Å². The summed E-state index contributed by atoms with van der Waals surface area (Å²) in [6.07, 6.45) is 3.39. The average molecular weight is 630 g/mol. The zero-order chi connectivity index (χ0) is 29.0. The van der Waals surface area contributed by atoms with E-state index in [4.69, 9.17) is 23.7 Å². The summed E-state index contributed by atoms with van der Waals surface area (Å²) in [7, 11) is 4.62. The topological polar surface area (TPSA) is 97.6 Å². The van der Waals surface area contributed by atoms with Crippen molar-refractivity contribution in [1.29, 1.82) is 0 Å². The Morgan fingerprint density at radius 2 is 1.90 bits per heavy atom. The van der Waals surface area contributed by atoms with Crippen molar-refractivity contribution in [1.82, 2.24) is 4.57 Å². The van der Waals surface area contributed by atoms with Crippen LogP contribution in [-0.2, 0) is 9.53 Å². The monoisotopic (exact) mass is 628 g/mol. The molecule has 0 fully saturated rings. The molecule has 0 unspecified atom stereocenters. The second-order valence-corrected chi connectivity index (χ2v) is 10.4. The zero-order valence-electron chi connectivity index (χ0n) is 22.8. The molecule has 1 aromatic heterocycles. The normalized spacial score (nSPS) is 14.8. The quantitative estimate of drug-likeness (QED) is 0.246. The number of hydrogen-bond donors (Lipinski definition) is 0. The molecule has 0 N–H and O–H groups in total. The van der Waals surface area contributed by atoms with Crippen molar-refractivity contribution >= 4 is 39.3 Å². The first-order chi connectivity index (χ1) is 19.3. The molecule has 9 nitrogen and oxygen atoms in total. The minimum absolute atomic E-state index is 0.176. The van der Waals surface area contributed by atoms with Crippen molar-refractivity contribution in [2.75, 3.05) is 34.5 Å². The van der Waals surface area contributed by atoms with Gasteiger partial charge in [0.05, 0.1) is 48.2 Å². The van der Waals surface area contributed by atoms with Crippen molar-refractivity contribution in [3.8, 4) is 23.0 Å². The summed E-state index contributed by atoms with van der Waals surface area (Å²) in [5, 5.41) is 0. The lowest BCUT2D eigenvalue weighted by Crippen LogP contribution is -2.40. The molecule has 1 aliphatic rings. The van der Waals surface area contributed by atoms with E-state index in [1.807, 2.05) is 6.07 Å². The van der Waals surface area contributed by atoms with Crippen LogP contribution in [0, 0.1) is 0 Å². The summed E-state index contributed by atoms with van der Waals surface area (Å²) < 4.78 is 30.2. The lowest BCUT2D eigenvalue weighted by atomic mass is 9.95. The molecule has 2 aromatic carbocycles. The van der Waals surface area contributed by atoms with Gasteiger partial charge in [-0.05, 0) is 65.7 Å². The number of methoxy groups -OCH3 is 3. The molecule has 1 atom stereocenters. The predicted octanol–water partition coefficient (Wildman–Crippen LogP) is 4.15. The largest absolute Gasteiger partial charge is 0.497 e. The SMILES string of the molecule is C=CCOc1c(Br)cc(/C=c2\sc3n(c2=O)[C@@H](c2ccc(OC)cc2OC)C(C(=O)OCC)=C(C)N=3)cc1OC. The van der Waals surface area contributed by atoms with Gasteiger partial charge in [-0.15, -0.1) is 0 Å². The second-order valence-electron chi connectivity index (χ2n) is 8.54. The Bertz CT molecular complexity index is 1670. The fraction of sp³-hybridized carbons (Fsp3) is 0.276. The summed E-state index contributed by atoms with van der Waals surface area (Å²) >= 11 is 4.75. The molecule has 0 saturated heterocycles. The first kappa shape index (κ1) is 29.2. The number of aromatic nitrogens is 1. The molecule has 40 heavy (non-hydrogen) atoms. The first-order valence-corrected chi connectivity index (χ1v) is 13.9. The van der Waals surface area contributed by atoms with Gasteiger partial charge in [0.25, 0.3) is 5.56 Å². The highest BCUT2D eigenvalue weighted by molar-refractivity contribution is 9.10. The minimum Gasteiger partial charge on any atom is -0.497 e. The molecule has 0 saturated carbocycles. The van der Waals surface area contributed by atoms with Crippen molar-refractivity contribution in [3.63, 3.8) is 0 Å². The second kappa shape index (κ2) is 12.6. The molecule has 4 rings (SSSR count). The van der Waals surface area contributed by atoms with Crippen LogP contribution >= 0.6 is 27.3 Å². The van der Waals surface area contributed by atoms with Gasteiger partial charge in [0, 0.05) is 11.6 Å². The van der Waals surface area contributed by atoms with Gasteiger partial charge in [0.1, 0.15) is 24.1 Å². The van der Waals surface area contributed by atoms with Crippen molar-refractivity contribution in [3.05, 3.63) is 89.5 Å². The maximum Gasteiger partial charge on any atom is 0.338 e. The number of allylic oxidation sites excluding steroid dienone is 1. The predicted molar refractivity (Wildman–Crippen MR) is 156 cm³/mol. The summed E-state index contributed by atoms with van der Waals surface area (Å²) in [4.78, 5) is 32.2. The van der Waals surface area contributed by atoms with E-state index in [-0.39, 0.29) is 17.7 Å². The number of halogens is 1. The Hall–Kier alpha value is -3.83. The maximum absolute atomic E-state index is 14.0. The van der Waals surface area contributed by atoms with Gasteiger partial charge in [-0.2, -0.15) is 0 Å². The van der Waals surface area contributed by atoms with Crippen LogP contribution in [0.25, 0.3) is 6.08 Å². The molecule has 0 radical (unpaired) electrons. The molecular weight excluding hydrogens is 600 g/mol. The van der Waals surface area contributed by atoms with Gasteiger partial charge < -0.3 is 23.7 Å². The number of rotatable bonds is 10. The maximum atomic E-state index is 14.0. The third kappa shape index (κ3) is 5.57. The number of benzene rings is 2. The standard InChI is InChI=1S/C29H29BrN2O7S/c1-7-11-39-26-20(30)12-17(13-22(26)37-6)14-23-27(33)32-25(19-10-9-18(35-4)15-21(19)36-5)24(28(34)38-8-2)16(3)31-29(32)40-23/h7,9-10,12-15,25H,1,8,11H2,2-6H3/b23-14-/t25-/m0/s1. The van der Waals surface area contributed by atoms with Gasteiger partial charge in [-0.25, -0.2) is 9.79 Å². The van der Waals surface area contributed by atoms with Crippen LogP contribution in [0.4, 0.5) is 0 Å². The fourth-order valence-electron chi connectivity index (χ4n) is 4.39. The Morgan fingerprint density at radius 3 is 2.55 bits per heavy atom. The highest BCUT2D eigenvalue weighted by Gasteiger charge is 2.35. The molecule has 210 valence electrons. The third-order valence-corrected chi connectivity index (χ3v) is 7.72. The number of thiazole rings is 1. The van der Waals surface area contributed by atoms with Crippen LogP contribution in [0.2, 0.25) is 0 Å². The van der Waals surface area contributed by atoms with Gasteiger partial charge in [0.15, 0.2) is 16.3 Å². The van der Waals surface area contributed by atoms with E-state index < -0.39 is 12.0 Å². The smallest absolute Gasteiger partial charge is 0.338 e. The summed E-state index contributed by atoms with van der Waals surface area (Å²) in [6, 6.07) is 8.03. The molecular formula is C29H29BrN2O7S. The van der Waals surface area contributed by atoms with E-state index in [1.54, 1.807) is 64.5 Å². The number of nitrogens with zero attached hydrogens (tertiary/aromatic N) is 2. The minimum atomic E-state index is -0.825. The van der Waals surface area contributed by atoms with E-state index in [2.05, 4.69) is 27.5 Å². The van der Waals surface area contributed by atoms with Gasteiger partial charge >= 0.3 is 5.97 Å². The highest BCUT2D eigenvalue weighted by Crippen LogP contribution is 2.38. The molecule has 0 bridgehead atoms. The lowest BCUT2D eigenvalue weighted by molar-refractivity contribution is -0.139. The zero-order valence-corrected chi connectivity index (χ0v) is 25.2. The molecule has 3 aromatic rings. The van der Waals surface area contributed by atoms with Crippen molar-refractivity contribution in [2.45, 2.75) is 19.9 Å². The number of fused-ring (bicyclic) bond motifs is 1. The number of carbonyl (C=O) groups excluding carboxylic acids is 1. The Morgan fingerprint density at radius 1 is 1.15 bits per heavy atom. The fourth-order valence-corrected chi connectivity index (χ4v) is 6.01. The van der Waals surface area contributed by atoms with Crippen LogP contribution in [0.1, 0.15) is 31.0 Å². The van der Waals surface area contributed by atoms with Crippen LogP contribution in [0.5, 0.6) is 23.0 Å². The highest BCUT2D eigenvalue weighted by atomic mass is 79.9. The van der Waals surface area contributed by atoms with E-state index >= 15 is 0 Å². The number of hydrogen-bond acceptors (Lipinski definition) is 9. The summed E-state index contributed by atoms with van der Waals surface area (Å²) in [5.74, 6) is 1.51. The van der Waals surface area contributed by atoms with Crippen LogP contribution in [0.15, 0.2) is 68.5 Å². The van der Waals surface area contributed by atoms with Gasteiger partial charge in [0.2, 0.25) is 0 Å². The Kier molecular flexibility index (Phi) is 9.16. The molecule has 0 spiro atoms. The Labute approximate surface area is 243 Å². The van der Waals surface area contributed by atoms with E-state index in [0.29, 0.717) is 60.2 Å². The van der Waals surface area contributed by atoms with Crippen LogP contribution in [-0.4, -0.2) is 45.1 Å². The van der Waals surface area contributed by atoms with E-state index in [0.717, 1.165) is 0 Å². The molecule has 11 heteroatoms. The molecule has 1 aliphatic heterocycles. The summed E-state index contributed by atoms with van der Waals surface area (Å²) in [6.45, 7) is 7.62. The van der Waals surface area contributed by atoms with Crippen LogP contribution < -0.4 is 33.8 Å². The average Bonchev–Trinajstić information content (AvgIpc) is 3.24. The van der Waals surface area contributed by atoms with E-state index in [1.165, 1.54) is 23.0 Å². The van der Waals surface area contributed by atoms with Crippen molar-refractivity contribution < 1.29 is 28.5 Å². The summed E-state index contributed by atoms with van der Waals surface area (Å²) in [5.41, 5.74) is 1.71. The van der Waals surface area contributed by atoms with Crippen LogP contribution in [0.3, 0.4) is 0 Å². The molecule has 0 amide bonds. The first-order valence-electron chi connectivity index (χ1n) is 12.3.